The number of sulfone groups is 1. The fraction of sp³-hybridized carbons (Fsp3) is 0.333. The van der Waals surface area contributed by atoms with Gasteiger partial charge in [-0.05, 0) is 37.8 Å². The Balaban J connectivity index is 2.36. The van der Waals surface area contributed by atoms with Crippen molar-refractivity contribution in [2.24, 2.45) is 5.92 Å². The third-order valence-corrected chi connectivity index (χ3v) is 4.63. The van der Waals surface area contributed by atoms with Crippen molar-refractivity contribution in [1.29, 1.82) is 0 Å². The maximum Gasteiger partial charge on any atom is 0.202 e. The molecule has 0 N–H and O–H groups in total. The van der Waals surface area contributed by atoms with E-state index in [1.54, 1.807) is 12.1 Å². The first kappa shape index (κ1) is 10.4. The Morgan fingerprint density at radius 1 is 1.27 bits per heavy atom. The van der Waals surface area contributed by atoms with Gasteiger partial charge < -0.3 is 0 Å². The molecule has 1 saturated carbocycles. The Morgan fingerprint density at radius 2 is 1.80 bits per heavy atom. The predicted octanol–water partition coefficient (Wildman–Crippen LogP) is 2.69. The second-order valence-electron chi connectivity index (χ2n) is 4.06. The van der Waals surface area contributed by atoms with Gasteiger partial charge in [-0.15, -0.1) is 0 Å². The van der Waals surface area contributed by atoms with Gasteiger partial charge in [0.2, 0.25) is 9.84 Å². The van der Waals surface area contributed by atoms with Gasteiger partial charge in [-0.2, -0.15) is 0 Å². The van der Waals surface area contributed by atoms with Crippen LogP contribution in [0.25, 0.3) is 0 Å². The van der Waals surface area contributed by atoms with Gasteiger partial charge in [-0.1, -0.05) is 24.3 Å². The Hall–Kier alpha value is -1.09. The zero-order chi connectivity index (χ0) is 11.1. The van der Waals surface area contributed by atoms with Gasteiger partial charge in [0.25, 0.3) is 0 Å². The molecule has 0 heterocycles. The molecule has 2 rings (SSSR count). The molecule has 0 aliphatic heterocycles. The Morgan fingerprint density at radius 3 is 2.27 bits per heavy atom. The SMILES string of the molecule is C=C(C1CC1)S(=O)(=O)c1ccc(C)cc1. The summed E-state index contributed by atoms with van der Waals surface area (Å²) < 4.78 is 24.1. The van der Waals surface area contributed by atoms with Gasteiger partial charge in [0.15, 0.2) is 0 Å². The van der Waals surface area contributed by atoms with Crippen molar-refractivity contribution in [2.45, 2.75) is 24.7 Å². The van der Waals surface area contributed by atoms with Crippen LogP contribution in [0.15, 0.2) is 40.6 Å². The van der Waals surface area contributed by atoms with Crippen LogP contribution in [-0.4, -0.2) is 8.42 Å². The highest BCUT2D eigenvalue weighted by atomic mass is 32.2. The average molecular weight is 222 g/mol. The van der Waals surface area contributed by atoms with Crippen LogP contribution in [0.3, 0.4) is 0 Å². The highest BCUT2D eigenvalue weighted by molar-refractivity contribution is 7.95. The van der Waals surface area contributed by atoms with E-state index in [1.807, 2.05) is 19.1 Å². The highest BCUT2D eigenvalue weighted by Gasteiger charge is 2.33. The molecule has 0 saturated heterocycles. The first-order chi connectivity index (χ1) is 7.01. The zero-order valence-corrected chi connectivity index (χ0v) is 9.55. The molecule has 0 unspecified atom stereocenters. The quantitative estimate of drug-likeness (QED) is 0.788. The zero-order valence-electron chi connectivity index (χ0n) is 8.73. The van der Waals surface area contributed by atoms with Crippen LogP contribution >= 0.6 is 0 Å². The molecular formula is C12H14O2S. The number of rotatable bonds is 3. The molecular weight excluding hydrogens is 208 g/mol. The van der Waals surface area contributed by atoms with Crippen molar-refractivity contribution in [3.63, 3.8) is 0 Å². The minimum absolute atomic E-state index is 0.191. The molecule has 1 aliphatic carbocycles. The van der Waals surface area contributed by atoms with Crippen molar-refractivity contribution in [3.8, 4) is 0 Å². The lowest BCUT2D eigenvalue weighted by atomic mass is 10.2. The molecule has 0 amide bonds. The van der Waals surface area contributed by atoms with Crippen molar-refractivity contribution in [3.05, 3.63) is 41.3 Å². The minimum atomic E-state index is -3.29. The summed E-state index contributed by atoms with van der Waals surface area (Å²) in [6.45, 7) is 5.64. The first-order valence-corrected chi connectivity index (χ1v) is 6.50. The number of allylic oxidation sites excluding steroid dienone is 1. The van der Waals surface area contributed by atoms with Crippen LogP contribution in [0.5, 0.6) is 0 Å². The molecule has 15 heavy (non-hydrogen) atoms. The summed E-state index contributed by atoms with van der Waals surface area (Å²) in [5.41, 5.74) is 1.06. The summed E-state index contributed by atoms with van der Waals surface area (Å²) in [6, 6.07) is 6.93. The van der Waals surface area contributed by atoms with Crippen LogP contribution in [0.1, 0.15) is 18.4 Å². The first-order valence-electron chi connectivity index (χ1n) is 5.02. The van der Waals surface area contributed by atoms with Crippen LogP contribution < -0.4 is 0 Å². The molecule has 0 spiro atoms. The van der Waals surface area contributed by atoms with E-state index in [2.05, 4.69) is 6.58 Å². The number of hydrogen-bond acceptors (Lipinski definition) is 2. The van der Waals surface area contributed by atoms with Crippen LogP contribution in [-0.2, 0) is 9.84 Å². The van der Waals surface area contributed by atoms with Gasteiger partial charge in [0.05, 0.1) is 4.90 Å². The lowest BCUT2D eigenvalue weighted by molar-refractivity contribution is 0.599. The van der Waals surface area contributed by atoms with Crippen LogP contribution in [0.4, 0.5) is 0 Å². The normalized spacial score (nSPS) is 16.3. The minimum Gasteiger partial charge on any atom is -0.219 e. The van der Waals surface area contributed by atoms with Crippen molar-refractivity contribution >= 4 is 9.84 Å². The topological polar surface area (TPSA) is 34.1 Å². The number of hydrogen-bond donors (Lipinski definition) is 0. The molecule has 0 radical (unpaired) electrons. The average Bonchev–Trinajstić information content (AvgIpc) is 3.00. The van der Waals surface area contributed by atoms with Crippen LogP contribution in [0.2, 0.25) is 0 Å². The molecule has 1 aliphatic rings. The van der Waals surface area contributed by atoms with E-state index < -0.39 is 9.84 Å². The molecule has 2 nitrogen and oxygen atoms in total. The van der Waals surface area contributed by atoms with E-state index in [0.717, 1.165) is 18.4 Å². The highest BCUT2D eigenvalue weighted by Crippen LogP contribution is 2.40. The van der Waals surface area contributed by atoms with Crippen LogP contribution in [0, 0.1) is 12.8 Å². The Labute approximate surface area is 90.6 Å². The lowest BCUT2D eigenvalue weighted by Gasteiger charge is -2.06. The second-order valence-corrected chi connectivity index (χ2v) is 6.06. The summed E-state index contributed by atoms with van der Waals surface area (Å²) in [7, 11) is -3.29. The molecule has 1 aromatic carbocycles. The van der Waals surface area contributed by atoms with Gasteiger partial charge in [-0.3, -0.25) is 0 Å². The van der Waals surface area contributed by atoms with Gasteiger partial charge in [0.1, 0.15) is 0 Å². The largest absolute Gasteiger partial charge is 0.219 e. The van der Waals surface area contributed by atoms with Gasteiger partial charge in [0, 0.05) is 4.91 Å². The summed E-state index contributed by atoms with van der Waals surface area (Å²) in [5.74, 6) is 0.191. The number of benzene rings is 1. The molecule has 1 aromatic rings. The summed E-state index contributed by atoms with van der Waals surface area (Å²) in [6.07, 6.45) is 1.92. The van der Waals surface area contributed by atoms with Crippen molar-refractivity contribution < 1.29 is 8.42 Å². The van der Waals surface area contributed by atoms with E-state index in [4.69, 9.17) is 0 Å². The third-order valence-electron chi connectivity index (χ3n) is 2.71. The summed E-state index contributed by atoms with van der Waals surface area (Å²) in [5, 5.41) is 0. The van der Waals surface area contributed by atoms with E-state index in [9.17, 15) is 8.42 Å². The van der Waals surface area contributed by atoms with E-state index in [1.165, 1.54) is 0 Å². The van der Waals surface area contributed by atoms with Crippen molar-refractivity contribution in [1.82, 2.24) is 0 Å². The fourth-order valence-corrected chi connectivity index (χ4v) is 2.97. The maximum absolute atomic E-state index is 12.0. The molecule has 0 atom stereocenters. The molecule has 80 valence electrons. The standard InChI is InChI=1S/C12H14O2S/c1-9-3-7-12(8-4-9)15(13,14)10(2)11-5-6-11/h3-4,7-8,11H,2,5-6H2,1H3. The van der Waals surface area contributed by atoms with E-state index >= 15 is 0 Å². The summed E-state index contributed by atoms with van der Waals surface area (Å²) in [4.78, 5) is 0.747. The maximum atomic E-state index is 12.0. The van der Waals surface area contributed by atoms with E-state index in [0.29, 0.717) is 9.80 Å². The monoisotopic (exact) mass is 222 g/mol. The lowest BCUT2D eigenvalue weighted by Crippen LogP contribution is -2.05. The van der Waals surface area contributed by atoms with Crippen molar-refractivity contribution in [2.75, 3.05) is 0 Å². The molecule has 1 fully saturated rings. The predicted molar refractivity (Wildman–Crippen MR) is 60.2 cm³/mol. The number of aryl methyl sites for hydroxylation is 1. The smallest absolute Gasteiger partial charge is 0.202 e. The second kappa shape index (κ2) is 3.49. The van der Waals surface area contributed by atoms with Gasteiger partial charge >= 0.3 is 0 Å². The molecule has 0 bridgehead atoms. The third kappa shape index (κ3) is 1.97. The fourth-order valence-electron chi connectivity index (χ4n) is 1.49. The summed E-state index contributed by atoms with van der Waals surface area (Å²) >= 11 is 0. The molecule has 0 aromatic heterocycles. The van der Waals surface area contributed by atoms with Gasteiger partial charge in [-0.25, -0.2) is 8.42 Å². The Kier molecular flexibility index (Phi) is 2.43. The van der Waals surface area contributed by atoms with E-state index in [-0.39, 0.29) is 5.92 Å². The Bertz CT molecular complexity index is 479. The molecule has 3 heteroatoms.